The van der Waals surface area contributed by atoms with Crippen molar-refractivity contribution in [3.05, 3.63) is 29.8 Å². The highest BCUT2D eigenvalue weighted by molar-refractivity contribution is 7.89. The first-order chi connectivity index (χ1) is 12.9. The van der Waals surface area contributed by atoms with Gasteiger partial charge in [0.25, 0.3) is 0 Å². The molecule has 3 rings (SSSR count). The number of hydrogen-bond acceptors (Lipinski definition) is 5. The van der Waals surface area contributed by atoms with Crippen molar-refractivity contribution in [2.24, 2.45) is 5.92 Å². The number of rotatable bonds is 4. The number of amides is 1. The fourth-order valence-corrected chi connectivity index (χ4v) is 5.50. The van der Waals surface area contributed by atoms with Crippen LogP contribution < -0.4 is 5.32 Å². The topological polar surface area (TPSA) is 111 Å². The molecule has 1 aliphatic carbocycles. The molecule has 1 aromatic rings. The zero-order chi connectivity index (χ0) is 19.4. The second-order valence-corrected chi connectivity index (χ2v) is 9.23. The molecule has 1 saturated carbocycles. The molecule has 27 heavy (non-hydrogen) atoms. The highest BCUT2D eigenvalue weighted by Gasteiger charge is 2.35. The Morgan fingerprint density at radius 2 is 1.89 bits per heavy atom. The number of nitrogens with one attached hydrogen (secondary N) is 1. The lowest BCUT2D eigenvalue weighted by molar-refractivity contribution is -0.127. The van der Waals surface area contributed by atoms with Crippen molar-refractivity contribution in [2.75, 3.05) is 13.1 Å². The van der Waals surface area contributed by atoms with Crippen molar-refractivity contribution in [1.29, 1.82) is 5.26 Å². The third kappa shape index (κ3) is 4.49. The number of benzene rings is 1. The maximum atomic E-state index is 13.0. The summed E-state index contributed by atoms with van der Waals surface area (Å²) in [4.78, 5) is 12.6. The van der Waals surface area contributed by atoms with E-state index in [2.05, 4.69) is 5.32 Å². The number of aliphatic hydroxyl groups excluding tert-OH is 1. The van der Waals surface area contributed by atoms with Crippen LogP contribution in [0.2, 0.25) is 0 Å². The van der Waals surface area contributed by atoms with Gasteiger partial charge in [-0.3, -0.25) is 4.79 Å². The largest absolute Gasteiger partial charge is 0.393 e. The van der Waals surface area contributed by atoms with Gasteiger partial charge in [0.15, 0.2) is 0 Å². The van der Waals surface area contributed by atoms with Crippen molar-refractivity contribution >= 4 is 15.9 Å². The Morgan fingerprint density at radius 3 is 2.59 bits per heavy atom. The Morgan fingerprint density at radius 1 is 1.19 bits per heavy atom. The van der Waals surface area contributed by atoms with Crippen LogP contribution in [0.4, 0.5) is 0 Å². The van der Waals surface area contributed by atoms with Gasteiger partial charge >= 0.3 is 0 Å². The van der Waals surface area contributed by atoms with Crippen molar-refractivity contribution in [1.82, 2.24) is 9.62 Å². The second-order valence-electron chi connectivity index (χ2n) is 7.32. The molecule has 1 aromatic carbocycles. The molecule has 2 aliphatic rings. The van der Waals surface area contributed by atoms with Crippen molar-refractivity contribution in [3.63, 3.8) is 0 Å². The van der Waals surface area contributed by atoms with Gasteiger partial charge < -0.3 is 10.4 Å². The van der Waals surface area contributed by atoms with E-state index in [4.69, 9.17) is 0 Å². The Balaban J connectivity index is 1.68. The van der Waals surface area contributed by atoms with Gasteiger partial charge in [-0.15, -0.1) is 0 Å². The van der Waals surface area contributed by atoms with Crippen LogP contribution in [0.15, 0.2) is 29.2 Å². The summed E-state index contributed by atoms with van der Waals surface area (Å²) in [5.74, 6) is -0.514. The van der Waals surface area contributed by atoms with E-state index in [1.807, 2.05) is 6.07 Å². The Bertz CT molecular complexity index is 826. The maximum absolute atomic E-state index is 13.0. The minimum absolute atomic E-state index is 0.00479. The molecule has 146 valence electrons. The number of carbonyl (C=O) groups is 1. The first-order valence-electron chi connectivity index (χ1n) is 9.39. The van der Waals surface area contributed by atoms with Crippen LogP contribution in [0, 0.1) is 17.2 Å². The minimum Gasteiger partial charge on any atom is -0.393 e. The van der Waals surface area contributed by atoms with Crippen LogP contribution in [0.25, 0.3) is 0 Å². The van der Waals surface area contributed by atoms with Gasteiger partial charge in [0, 0.05) is 19.1 Å². The van der Waals surface area contributed by atoms with Gasteiger partial charge in [0.1, 0.15) is 6.07 Å². The van der Waals surface area contributed by atoms with Crippen molar-refractivity contribution < 1.29 is 18.3 Å². The van der Waals surface area contributed by atoms with Crippen LogP contribution in [0.3, 0.4) is 0 Å². The lowest BCUT2D eigenvalue weighted by atomic mass is 9.92. The molecule has 2 fully saturated rings. The molecular formula is C19H25N3O4S. The fraction of sp³-hybridized carbons (Fsp3) is 0.579. The standard InChI is InChI=1S/C19H25N3O4S/c20-12-14-4-1-2-6-18(14)27(25,26)22-11-3-5-15(13-22)19(24)21-16-7-9-17(23)10-8-16/h1-2,4,6,15-17,23H,3,5,7-11,13H2,(H,21,24)/t15-,16?,17?/m0/s1. The van der Waals surface area contributed by atoms with E-state index in [1.54, 1.807) is 12.1 Å². The molecule has 1 atom stereocenters. The van der Waals surface area contributed by atoms with E-state index < -0.39 is 15.9 Å². The molecule has 1 aliphatic heterocycles. The third-order valence-corrected chi connectivity index (χ3v) is 7.35. The number of nitriles is 1. The van der Waals surface area contributed by atoms with Crippen LogP contribution in [-0.4, -0.2) is 49.0 Å². The Kier molecular flexibility index (Phi) is 6.15. The molecule has 0 unspecified atom stereocenters. The number of sulfonamides is 1. The fourth-order valence-electron chi connectivity index (χ4n) is 3.84. The Labute approximate surface area is 160 Å². The number of piperidine rings is 1. The monoisotopic (exact) mass is 391 g/mol. The summed E-state index contributed by atoms with van der Waals surface area (Å²) < 4.78 is 27.3. The molecule has 7 nitrogen and oxygen atoms in total. The number of aliphatic hydroxyl groups is 1. The van der Waals surface area contributed by atoms with Crippen LogP contribution in [0.5, 0.6) is 0 Å². The van der Waals surface area contributed by atoms with E-state index in [0.29, 0.717) is 32.2 Å². The third-order valence-electron chi connectivity index (χ3n) is 5.42. The molecule has 1 saturated heterocycles. The zero-order valence-electron chi connectivity index (χ0n) is 15.2. The van der Waals surface area contributed by atoms with Crippen LogP contribution in [-0.2, 0) is 14.8 Å². The van der Waals surface area contributed by atoms with E-state index in [-0.39, 0.29) is 35.1 Å². The summed E-state index contributed by atoms with van der Waals surface area (Å²) in [5, 5.41) is 21.8. The maximum Gasteiger partial charge on any atom is 0.244 e. The van der Waals surface area contributed by atoms with Crippen LogP contribution >= 0.6 is 0 Å². The first kappa shape index (κ1) is 19.8. The molecule has 0 aromatic heterocycles. The summed E-state index contributed by atoms with van der Waals surface area (Å²) >= 11 is 0. The number of hydrogen-bond donors (Lipinski definition) is 2. The first-order valence-corrected chi connectivity index (χ1v) is 10.8. The van der Waals surface area contributed by atoms with Gasteiger partial charge in [0.2, 0.25) is 15.9 Å². The minimum atomic E-state index is -3.81. The van der Waals surface area contributed by atoms with Gasteiger partial charge in [-0.05, 0) is 50.7 Å². The Hall–Kier alpha value is -1.95. The van der Waals surface area contributed by atoms with Crippen LogP contribution in [0.1, 0.15) is 44.1 Å². The summed E-state index contributed by atoms with van der Waals surface area (Å²) in [6.45, 7) is 0.477. The van der Waals surface area contributed by atoms with Gasteiger partial charge in [-0.1, -0.05) is 12.1 Å². The number of nitrogens with zero attached hydrogens (tertiary/aromatic N) is 2. The molecule has 1 heterocycles. The lowest BCUT2D eigenvalue weighted by Gasteiger charge is -2.33. The summed E-state index contributed by atoms with van der Waals surface area (Å²) in [6, 6.07) is 8.12. The van der Waals surface area contributed by atoms with Gasteiger partial charge in [-0.25, -0.2) is 8.42 Å². The molecule has 0 radical (unpaired) electrons. The normalized spacial score (nSPS) is 26.9. The highest BCUT2D eigenvalue weighted by atomic mass is 32.2. The molecule has 2 N–H and O–H groups in total. The molecular weight excluding hydrogens is 366 g/mol. The van der Waals surface area contributed by atoms with Gasteiger partial charge in [-0.2, -0.15) is 9.57 Å². The summed E-state index contributed by atoms with van der Waals surface area (Å²) in [6.07, 6.45) is 3.83. The molecule has 8 heteroatoms. The van der Waals surface area contributed by atoms with E-state index >= 15 is 0 Å². The predicted octanol–water partition coefficient (Wildman–Crippen LogP) is 1.38. The molecule has 0 bridgehead atoms. The zero-order valence-corrected chi connectivity index (χ0v) is 16.0. The number of carbonyl (C=O) groups excluding carboxylic acids is 1. The van der Waals surface area contributed by atoms with Crippen molar-refractivity contribution in [3.8, 4) is 6.07 Å². The summed E-state index contributed by atoms with van der Waals surface area (Å²) in [5.41, 5.74) is 0.116. The van der Waals surface area contributed by atoms with E-state index in [9.17, 15) is 23.6 Å². The van der Waals surface area contributed by atoms with Crippen molar-refractivity contribution in [2.45, 2.75) is 55.6 Å². The van der Waals surface area contributed by atoms with E-state index in [0.717, 1.165) is 12.8 Å². The van der Waals surface area contributed by atoms with E-state index in [1.165, 1.54) is 16.4 Å². The quantitative estimate of drug-likeness (QED) is 0.806. The smallest absolute Gasteiger partial charge is 0.244 e. The SMILES string of the molecule is N#Cc1ccccc1S(=O)(=O)N1CCC[C@H](C(=O)NC2CCC(O)CC2)C1. The average molecular weight is 391 g/mol. The molecule has 0 spiro atoms. The van der Waals surface area contributed by atoms with Gasteiger partial charge in [0.05, 0.1) is 22.5 Å². The molecule has 1 amide bonds. The lowest BCUT2D eigenvalue weighted by Crippen LogP contribution is -2.48. The highest BCUT2D eigenvalue weighted by Crippen LogP contribution is 2.26. The predicted molar refractivity (Wildman–Crippen MR) is 99.0 cm³/mol. The summed E-state index contributed by atoms with van der Waals surface area (Å²) in [7, 11) is -3.81. The average Bonchev–Trinajstić information content (AvgIpc) is 2.69. The second kappa shape index (κ2) is 8.38.